The minimum atomic E-state index is -0.609. The Bertz CT molecular complexity index is 343. The van der Waals surface area contributed by atoms with Crippen LogP contribution in [0, 0.1) is 5.41 Å². The third-order valence-electron chi connectivity index (χ3n) is 2.19. The van der Waals surface area contributed by atoms with Gasteiger partial charge in [-0.2, -0.15) is 0 Å². The quantitative estimate of drug-likeness (QED) is 0.766. The van der Waals surface area contributed by atoms with Crippen LogP contribution in [0.1, 0.15) is 62.3 Å². The largest absolute Gasteiger partial charge is 0.444 e. The fourth-order valence-electron chi connectivity index (χ4n) is 1.32. The Labute approximate surface area is 127 Å². The number of ether oxygens (including phenoxy) is 2. The number of hydrogen-bond donors (Lipinski definition) is 2. The van der Waals surface area contributed by atoms with Crippen molar-refractivity contribution in [1.82, 2.24) is 10.6 Å². The van der Waals surface area contributed by atoms with Crippen LogP contribution < -0.4 is 10.6 Å². The minimum Gasteiger partial charge on any atom is -0.444 e. The minimum absolute atomic E-state index is 0.395. The lowest BCUT2D eigenvalue weighted by molar-refractivity contribution is 0.0347. The molecule has 2 amide bonds. The second-order valence-corrected chi connectivity index (χ2v) is 8.09. The van der Waals surface area contributed by atoms with Gasteiger partial charge < -0.3 is 20.1 Å². The number of hydrogen-bond acceptors (Lipinski definition) is 4. The van der Waals surface area contributed by atoms with Crippen LogP contribution in [-0.2, 0) is 9.47 Å². The molecule has 0 atom stereocenters. The summed E-state index contributed by atoms with van der Waals surface area (Å²) in [7, 11) is 0. The highest BCUT2D eigenvalue weighted by Gasteiger charge is 2.31. The van der Waals surface area contributed by atoms with Gasteiger partial charge in [-0.25, -0.2) is 9.59 Å². The highest BCUT2D eigenvalue weighted by Crippen LogP contribution is 2.19. The van der Waals surface area contributed by atoms with Gasteiger partial charge in [0, 0.05) is 5.41 Å². The van der Waals surface area contributed by atoms with Crippen LogP contribution in [0.3, 0.4) is 0 Å². The normalized spacial score (nSPS) is 12.9. The predicted molar refractivity (Wildman–Crippen MR) is 82.0 cm³/mol. The van der Waals surface area contributed by atoms with Gasteiger partial charge in [0.25, 0.3) is 0 Å². The van der Waals surface area contributed by atoms with Gasteiger partial charge in [-0.15, -0.1) is 0 Å². The van der Waals surface area contributed by atoms with Crippen LogP contribution in [0.5, 0.6) is 0 Å². The third-order valence-corrected chi connectivity index (χ3v) is 2.19. The van der Waals surface area contributed by atoms with Gasteiger partial charge >= 0.3 is 12.2 Å². The second kappa shape index (κ2) is 6.54. The lowest BCUT2D eigenvalue weighted by Crippen LogP contribution is -2.56. The van der Waals surface area contributed by atoms with E-state index in [1.165, 1.54) is 0 Å². The summed E-state index contributed by atoms with van der Waals surface area (Å²) in [5, 5.41) is 5.31. The first-order valence-electron chi connectivity index (χ1n) is 7.09. The summed E-state index contributed by atoms with van der Waals surface area (Å²) < 4.78 is 10.4. The first kappa shape index (κ1) is 19.5. The summed E-state index contributed by atoms with van der Waals surface area (Å²) in [6.45, 7) is 16.4. The van der Waals surface area contributed by atoms with Gasteiger partial charge in [0.05, 0.1) is 0 Å². The smallest absolute Gasteiger partial charge is 0.409 e. The zero-order valence-corrected chi connectivity index (χ0v) is 14.7. The number of alkyl carbamates (subject to hydrolysis) is 2. The molecule has 0 fully saturated rings. The fourth-order valence-corrected chi connectivity index (χ4v) is 1.32. The van der Waals surface area contributed by atoms with E-state index in [2.05, 4.69) is 10.6 Å². The van der Waals surface area contributed by atoms with E-state index < -0.39 is 35.0 Å². The van der Waals surface area contributed by atoms with Gasteiger partial charge in [-0.1, -0.05) is 20.8 Å². The number of amides is 2. The molecular weight excluding hydrogens is 272 g/mol. The molecule has 0 bridgehead atoms. The number of rotatable bonds is 2. The van der Waals surface area contributed by atoms with E-state index in [-0.39, 0.29) is 0 Å². The van der Waals surface area contributed by atoms with E-state index in [9.17, 15) is 9.59 Å². The number of nitrogens with one attached hydrogen (secondary N) is 2. The standard InChI is InChI=1S/C15H30N2O4/c1-13(2,3)10(16-11(18)20-14(4,5)6)17-12(19)21-15(7,8)9/h10H,1-9H3,(H,16,18)(H,17,19). The molecule has 6 nitrogen and oxygen atoms in total. The molecule has 0 unspecified atom stereocenters. The fraction of sp³-hybridized carbons (Fsp3) is 0.867. The van der Waals surface area contributed by atoms with E-state index in [0.29, 0.717) is 0 Å². The van der Waals surface area contributed by atoms with Crippen molar-refractivity contribution in [3.63, 3.8) is 0 Å². The SMILES string of the molecule is CC(C)(C)OC(=O)NC(NC(=O)OC(C)(C)C)C(C)(C)C. The summed E-state index contributed by atoms with van der Waals surface area (Å²) in [4.78, 5) is 23.7. The van der Waals surface area contributed by atoms with Gasteiger partial charge in [0.1, 0.15) is 17.4 Å². The molecular formula is C15H30N2O4. The molecule has 124 valence electrons. The molecule has 0 saturated heterocycles. The van der Waals surface area contributed by atoms with E-state index in [4.69, 9.17) is 9.47 Å². The zero-order valence-electron chi connectivity index (χ0n) is 14.7. The number of carbonyl (C=O) groups excluding carboxylic acids is 2. The molecule has 0 radical (unpaired) electrons. The number of carbonyl (C=O) groups is 2. The van der Waals surface area contributed by atoms with Crippen molar-refractivity contribution < 1.29 is 19.1 Å². The molecule has 0 aliphatic heterocycles. The lowest BCUT2D eigenvalue weighted by atomic mass is 9.92. The van der Waals surface area contributed by atoms with Crippen molar-refractivity contribution >= 4 is 12.2 Å². The van der Waals surface area contributed by atoms with Gasteiger partial charge in [0.15, 0.2) is 0 Å². The van der Waals surface area contributed by atoms with Crippen LogP contribution in [0.2, 0.25) is 0 Å². The maximum atomic E-state index is 11.9. The van der Waals surface area contributed by atoms with Crippen molar-refractivity contribution in [3.05, 3.63) is 0 Å². The van der Waals surface area contributed by atoms with Crippen molar-refractivity contribution in [2.45, 2.75) is 79.7 Å². The molecule has 0 aliphatic carbocycles. The summed E-state index contributed by atoms with van der Waals surface area (Å²) in [5.41, 5.74) is -1.59. The molecule has 0 saturated carbocycles. The highest BCUT2D eigenvalue weighted by molar-refractivity contribution is 5.71. The molecule has 0 heterocycles. The Morgan fingerprint density at radius 1 is 0.714 bits per heavy atom. The molecule has 21 heavy (non-hydrogen) atoms. The van der Waals surface area contributed by atoms with Crippen molar-refractivity contribution in [2.75, 3.05) is 0 Å². The van der Waals surface area contributed by atoms with Crippen molar-refractivity contribution in [1.29, 1.82) is 0 Å². The Hall–Kier alpha value is -1.46. The van der Waals surface area contributed by atoms with E-state index in [1.54, 1.807) is 41.5 Å². The third kappa shape index (κ3) is 9.98. The van der Waals surface area contributed by atoms with Crippen LogP contribution in [0.25, 0.3) is 0 Å². The van der Waals surface area contributed by atoms with Crippen LogP contribution in [0.4, 0.5) is 9.59 Å². The Kier molecular flexibility index (Phi) is 6.08. The van der Waals surface area contributed by atoms with Gasteiger partial charge in [-0.3, -0.25) is 0 Å². The van der Waals surface area contributed by atoms with E-state index in [0.717, 1.165) is 0 Å². The average molecular weight is 302 g/mol. The summed E-state index contributed by atoms with van der Waals surface area (Å²) in [5.74, 6) is 0. The second-order valence-electron chi connectivity index (χ2n) is 8.09. The predicted octanol–water partition coefficient (Wildman–Crippen LogP) is 3.41. The van der Waals surface area contributed by atoms with Gasteiger partial charge in [0.2, 0.25) is 0 Å². The highest BCUT2D eigenvalue weighted by atomic mass is 16.6. The summed E-state index contributed by atoms with van der Waals surface area (Å²) in [6.07, 6.45) is -1.78. The monoisotopic (exact) mass is 302 g/mol. The maximum absolute atomic E-state index is 11.9. The molecule has 0 aromatic rings. The topological polar surface area (TPSA) is 76.7 Å². The molecule has 0 aliphatic rings. The molecule has 0 spiro atoms. The summed E-state index contributed by atoms with van der Waals surface area (Å²) >= 11 is 0. The Morgan fingerprint density at radius 3 is 1.19 bits per heavy atom. The average Bonchev–Trinajstić information content (AvgIpc) is 2.07. The Balaban J connectivity index is 4.77. The molecule has 0 aromatic heterocycles. The van der Waals surface area contributed by atoms with E-state index in [1.807, 2.05) is 20.8 Å². The van der Waals surface area contributed by atoms with Gasteiger partial charge in [-0.05, 0) is 41.5 Å². The zero-order chi connectivity index (χ0) is 17.1. The van der Waals surface area contributed by atoms with Crippen LogP contribution in [-0.4, -0.2) is 29.6 Å². The summed E-state index contributed by atoms with van der Waals surface area (Å²) in [6, 6.07) is 0. The van der Waals surface area contributed by atoms with Crippen molar-refractivity contribution in [3.8, 4) is 0 Å². The maximum Gasteiger partial charge on any atom is 0.409 e. The van der Waals surface area contributed by atoms with Crippen molar-refractivity contribution in [2.24, 2.45) is 5.41 Å². The molecule has 0 aromatic carbocycles. The van der Waals surface area contributed by atoms with Crippen LogP contribution in [0.15, 0.2) is 0 Å². The lowest BCUT2D eigenvalue weighted by Gasteiger charge is -2.33. The first-order valence-corrected chi connectivity index (χ1v) is 7.09. The van der Waals surface area contributed by atoms with Crippen LogP contribution >= 0.6 is 0 Å². The first-order chi connectivity index (χ1) is 9.10. The Morgan fingerprint density at radius 2 is 1.00 bits per heavy atom. The van der Waals surface area contributed by atoms with E-state index >= 15 is 0 Å². The molecule has 6 heteroatoms. The molecule has 0 rings (SSSR count). The molecule has 2 N–H and O–H groups in total.